The van der Waals surface area contributed by atoms with Gasteiger partial charge >= 0.3 is 10.1 Å². The summed E-state index contributed by atoms with van der Waals surface area (Å²) in [6.45, 7) is 3.97. The molecule has 3 aromatic rings. The highest BCUT2D eigenvalue weighted by Crippen LogP contribution is 2.28. The molecule has 0 fully saturated rings. The van der Waals surface area contributed by atoms with Gasteiger partial charge in [0.05, 0.1) is 24.3 Å². The summed E-state index contributed by atoms with van der Waals surface area (Å²) < 4.78 is 42.3. The molecule has 184 valence electrons. The highest BCUT2D eigenvalue weighted by atomic mass is 35.5. The number of rotatable bonds is 9. The zero-order chi connectivity index (χ0) is 25.8. The van der Waals surface area contributed by atoms with Crippen molar-refractivity contribution in [2.75, 3.05) is 13.7 Å². The van der Waals surface area contributed by atoms with E-state index in [4.69, 9.17) is 25.4 Å². The number of nitro groups is 1. The Labute approximate surface area is 206 Å². The van der Waals surface area contributed by atoms with Crippen molar-refractivity contribution < 1.29 is 27.1 Å². The van der Waals surface area contributed by atoms with Crippen LogP contribution in [0.4, 0.5) is 5.69 Å². The Hall–Kier alpha value is -3.83. The zero-order valence-corrected chi connectivity index (χ0v) is 20.5. The fraction of sp³-hybridized carbons (Fsp3) is 0.174. The summed E-state index contributed by atoms with van der Waals surface area (Å²) in [5.74, 6) is 1.12. The molecule has 0 saturated heterocycles. The minimum Gasteiger partial charge on any atom is -0.496 e. The van der Waals surface area contributed by atoms with E-state index in [1.54, 1.807) is 31.2 Å². The molecule has 3 rings (SSSR count). The third-order valence-electron chi connectivity index (χ3n) is 4.68. The van der Waals surface area contributed by atoms with E-state index in [-0.39, 0.29) is 10.7 Å². The van der Waals surface area contributed by atoms with Crippen LogP contribution < -0.4 is 19.3 Å². The van der Waals surface area contributed by atoms with E-state index in [9.17, 15) is 23.3 Å². The largest absolute Gasteiger partial charge is 0.496 e. The number of halogens is 1. The molecule has 35 heavy (non-hydrogen) atoms. The summed E-state index contributed by atoms with van der Waals surface area (Å²) in [5, 5.41) is 10.9. The molecular formula is C23H21ClN2O8S. The van der Waals surface area contributed by atoms with E-state index in [1.165, 1.54) is 25.3 Å². The summed E-state index contributed by atoms with van der Waals surface area (Å²) in [6.07, 6.45) is 3.08. The van der Waals surface area contributed by atoms with Crippen LogP contribution in [0.3, 0.4) is 0 Å². The number of aromatic nitrogens is 1. The maximum atomic E-state index is 12.9. The van der Waals surface area contributed by atoms with Crippen LogP contribution in [-0.2, 0) is 10.1 Å². The van der Waals surface area contributed by atoms with Crippen molar-refractivity contribution in [3.05, 3.63) is 90.8 Å². The highest BCUT2D eigenvalue weighted by molar-refractivity contribution is 7.87. The van der Waals surface area contributed by atoms with Gasteiger partial charge < -0.3 is 9.47 Å². The number of benzene rings is 2. The molecule has 0 aliphatic rings. The molecule has 0 N–H and O–H groups in total. The molecule has 1 heterocycles. The van der Waals surface area contributed by atoms with E-state index in [2.05, 4.69) is 0 Å². The van der Waals surface area contributed by atoms with Crippen LogP contribution in [0.25, 0.3) is 12.2 Å². The maximum Gasteiger partial charge on any atom is 0.357 e. The number of nitro benzene ring substituents is 1. The fourth-order valence-electron chi connectivity index (χ4n) is 3.11. The second kappa shape index (κ2) is 10.6. The Morgan fingerprint density at radius 1 is 1.11 bits per heavy atom. The first-order chi connectivity index (χ1) is 16.6. The maximum absolute atomic E-state index is 12.9. The quantitative estimate of drug-likeness (QED) is 0.304. The van der Waals surface area contributed by atoms with Crippen LogP contribution in [0.1, 0.15) is 23.7 Å². The van der Waals surface area contributed by atoms with Gasteiger partial charge in [-0.15, -0.1) is 4.73 Å². The van der Waals surface area contributed by atoms with Crippen LogP contribution in [0.15, 0.2) is 58.2 Å². The summed E-state index contributed by atoms with van der Waals surface area (Å²) in [6, 6.07) is 10.8. The molecule has 1 aromatic heterocycles. The van der Waals surface area contributed by atoms with Crippen molar-refractivity contribution in [2.24, 2.45) is 0 Å². The lowest BCUT2D eigenvalue weighted by atomic mass is 10.1. The Morgan fingerprint density at radius 2 is 1.86 bits per heavy atom. The monoisotopic (exact) mass is 520 g/mol. The second-order valence-electron chi connectivity index (χ2n) is 7.16. The molecule has 0 bridgehead atoms. The van der Waals surface area contributed by atoms with Gasteiger partial charge in [0.1, 0.15) is 21.4 Å². The normalized spacial score (nSPS) is 11.4. The van der Waals surface area contributed by atoms with Crippen molar-refractivity contribution in [1.29, 1.82) is 0 Å². The van der Waals surface area contributed by atoms with Crippen molar-refractivity contribution in [1.82, 2.24) is 4.73 Å². The minimum atomic E-state index is -4.63. The molecular weight excluding hydrogens is 500 g/mol. The van der Waals surface area contributed by atoms with Crippen LogP contribution in [-0.4, -0.2) is 31.8 Å². The lowest BCUT2D eigenvalue weighted by molar-refractivity contribution is -0.384. The average molecular weight is 521 g/mol. The van der Waals surface area contributed by atoms with Gasteiger partial charge in [0, 0.05) is 17.7 Å². The highest BCUT2D eigenvalue weighted by Gasteiger charge is 2.24. The van der Waals surface area contributed by atoms with Crippen LogP contribution in [0.2, 0.25) is 5.02 Å². The van der Waals surface area contributed by atoms with E-state index >= 15 is 0 Å². The molecule has 0 atom stereocenters. The first kappa shape index (κ1) is 25.8. The van der Waals surface area contributed by atoms with Gasteiger partial charge in [-0.3, -0.25) is 19.2 Å². The van der Waals surface area contributed by atoms with Crippen LogP contribution in [0.5, 0.6) is 11.5 Å². The first-order valence-electron chi connectivity index (χ1n) is 10.2. The molecule has 0 saturated carbocycles. The molecule has 0 aliphatic heterocycles. The third-order valence-corrected chi connectivity index (χ3v) is 6.18. The molecule has 0 amide bonds. The average Bonchev–Trinajstić information content (AvgIpc) is 2.80. The number of hydrogen-bond donors (Lipinski definition) is 0. The smallest absolute Gasteiger partial charge is 0.357 e. The number of nitrogens with zero attached hydrogens (tertiary/aromatic N) is 2. The van der Waals surface area contributed by atoms with Crippen molar-refractivity contribution in [3.8, 4) is 11.5 Å². The Morgan fingerprint density at radius 3 is 2.51 bits per heavy atom. The van der Waals surface area contributed by atoms with E-state index in [1.807, 2.05) is 6.92 Å². The number of ether oxygens (including phenoxy) is 2. The molecule has 0 unspecified atom stereocenters. The predicted molar refractivity (Wildman–Crippen MR) is 130 cm³/mol. The Bertz CT molecular complexity index is 1460. The van der Waals surface area contributed by atoms with Gasteiger partial charge in [0.25, 0.3) is 11.2 Å². The van der Waals surface area contributed by atoms with E-state index in [0.717, 1.165) is 18.2 Å². The summed E-state index contributed by atoms with van der Waals surface area (Å²) >= 11 is 5.76. The molecule has 0 radical (unpaired) electrons. The SMILES string of the molecule is CCOc1ccc(OC)c(C=Cc2cc(C)cc(=O)n2OS(=O)(=O)c2ccc(Cl)c([N+](=O)[O-])c2)c1. The summed E-state index contributed by atoms with van der Waals surface area (Å²) in [5.41, 5.74) is -0.106. The lowest BCUT2D eigenvalue weighted by Gasteiger charge is -2.13. The van der Waals surface area contributed by atoms with Crippen LogP contribution in [0, 0.1) is 17.0 Å². The van der Waals surface area contributed by atoms with Gasteiger partial charge in [-0.05, 0) is 68.0 Å². The minimum absolute atomic E-state index is 0.103. The second-order valence-corrected chi connectivity index (χ2v) is 9.10. The van der Waals surface area contributed by atoms with Crippen LogP contribution >= 0.6 is 11.6 Å². The Kier molecular flexibility index (Phi) is 7.82. The van der Waals surface area contributed by atoms with Crippen molar-refractivity contribution in [2.45, 2.75) is 18.7 Å². The number of aryl methyl sites for hydroxylation is 1. The van der Waals surface area contributed by atoms with Crippen molar-refractivity contribution >= 4 is 39.6 Å². The van der Waals surface area contributed by atoms with E-state index < -0.39 is 31.2 Å². The molecule has 12 heteroatoms. The van der Waals surface area contributed by atoms with Gasteiger partial charge in [-0.2, -0.15) is 8.42 Å². The first-order valence-corrected chi connectivity index (χ1v) is 12.0. The third kappa shape index (κ3) is 6.00. The molecule has 0 aliphatic carbocycles. The zero-order valence-electron chi connectivity index (χ0n) is 18.9. The predicted octanol–water partition coefficient (Wildman–Crippen LogP) is 4.11. The molecule has 2 aromatic carbocycles. The van der Waals surface area contributed by atoms with Gasteiger partial charge in [-0.1, -0.05) is 11.6 Å². The summed E-state index contributed by atoms with van der Waals surface area (Å²) in [4.78, 5) is 22.4. The van der Waals surface area contributed by atoms with E-state index in [0.29, 0.717) is 34.0 Å². The number of methoxy groups -OCH3 is 1. The molecule has 10 nitrogen and oxygen atoms in total. The number of hydrogen-bond acceptors (Lipinski definition) is 8. The lowest BCUT2D eigenvalue weighted by Crippen LogP contribution is -2.32. The van der Waals surface area contributed by atoms with Gasteiger partial charge in [0.2, 0.25) is 0 Å². The fourth-order valence-corrected chi connectivity index (χ4v) is 4.23. The summed E-state index contributed by atoms with van der Waals surface area (Å²) in [7, 11) is -3.14. The number of pyridine rings is 1. The topological polar surface area (TPSA) is 127 Å². The Balaban J connectivity index is 2.05. The van der Waals surface area contributed by atoms with Gasteiger partial charge in [0.15, 0.2) is 0 Å². The van der Waals surface area contributed by atoms with Crippen molar-refractivity contribution in [3.63, 3.8) is 0 Å². The standard InChI is InChI=1S/C23H21ClN2O8S/c1-4-33-18-7-10-22(32-3)16(13-18)5-6-17-11-15(2)12-23(27)25(17)34-35(30,31)19-8-9-20(24)21(14-19)26(28)29/h5-14H,4H2,1-3H3. The molecule has 0 spiro atoms. The van der Waals surface area contributed by atoms with Gasteiger partial charge in [-0.25, -0.2) is 0 Å².